The molecular weight excluding hydrogens is 350 g/mol. The molecule has 0 aliphatic rings. The Morgan fingerprint density at radius 1 is 1.40 bits per heavy atom. The molecule has 0 saturated heterocycles. The minimum Gasteiger partial charge on any atom is -0.481 e. The highest BCUT2D eigenvalue weighted by Crippen LogP contribution is 2.32. The fraction of sp³-hybridized carbons (Fsp3) is 0.250. The van der Waals surface area contributed by atoms with Gasteiger partial charge in [-0.2, -0.15) is 0 Å². The van der Waals surface area contributed by atoms with Crippen LogP contribution < -0.4 is 10.5 Å². The van der Waals surface area contributed by atoms with Crippen molar-refractivity contribution >= 4 is 28.7 Å². The van der Waals surface area contributed by atoms with Crippen LogP contribution in [-0.2, 0) is 11.3 Å². The average molecular weight is 364 g/mol. The van der Waals surface area contributed by atoms with Crippen molar-refractivity contribution in [3.05, 3.63) is 52.0 Å². The maximum absolute atomic E-state index is 11.9. The Labute approximate surface area is 146 Å². The van der Waals surface area contributed by atoms with Crippen LogP contribution in [-0.4, -0.2) is 25.6 Å². The van der Waals surface area contributed by atoms with Crippen LogP contribution in [0.15, 0.2) is 39.8 Å². The van der Waals surface area contributed by atoms with Gasteiger partial charge in [-0.25, -0.2) is 14.8 Å². The molecule has 0 saturated carbocycles. The van der Waals surface area contributed by atoms with Gasteiger partial charge in [0.25, 0.3) is 0 Å². The first-order chi connectivity index (χ1) is 12.0. The van der Waals surface area contributed by atoms with Crippen molar-refractivity contribution in [2.45, 2.75) is 26.0 Å². The molecule has 3 aromatic rings. The first-order valence-electron chi connectivity index (χ1n) is 7.44. The summed E-state index contributed by atoms with van der Waals surface area (Å²) in [5.74, 6) is -0.861. The van der Waals surface area contributed by atoms with Crippen molar-refractivity contribution in [3.8, 4) is 5.75 Å². The number of ether oxygens (including phenoxy) is 1. The molecule has 1 atom stereocenters. The van der Waals surface area contributed by atoms with E-state index in [4.69, 9.17) is 25.9 Å². The first-order valence-corrected chi connectivity index (χ1v) is 7.81. The SMILES string of the molecule is C[C@H](Oc1cc2oc(=O)n(CCC(=O)O)c2cc1Cl)c1ncccn1. The summed E-state index contributed by atoms with van der Waals surface area (Å²) in [4.78, 5) is 30.9. The number of carboxylic acid groups (broad SMARTS) is 1. The number of aromatic nitrogens is 3. The van der Waals surface area contributed by atoms with Gasteiger partial charge in [-0.15, -0.1) is 0 Å². The van der Waals surface area contributed by atoms with Gasteiger partial charge in [0, 0.05) is 25.0 Å². The zero-order chi connectivity index (χ0) is 18.0. The topological polar surface area (TPSA) is 107 Å². The number of hydrogen-bond acceptors (Lipinski definition) is 6. The second-order valence-electron chi connectivity index (χ2n) is 5.28. The second kappa shape index (κ2) is 6.94. The second-order valence-corrected chi connectivity index (χ2v) is 5.69. The van der Waals surface area contributed by atoms with E-state index in [1.54, 1.807) is 25.4 Å². The number of carboxylic acids is 1. The number of carbonyl (C=O) groups is 1. The Bertz CT molecular complexity index is 967. The van der Waals surface area contributed by atoms with Crippen molar-refractivity contribution in [3.63, 3.8) is 0 Å². The maximum atomic E-state index is 11.9. The molecule has 130 valence electrons. The van der Waals surface area contributed by atoms with Crippen LogP contribution >= 0.6 is 11.6 Å². The summed E-state index contributed by atoms with van der Waals surface area (Å²) in [6.45, 7) is 1.76. The fourth-order valence-corrected chi connectivity index (χ4v) is 2.54. The highest BCUT2D eigenvalue weighted by Gasteiger charge is 2.17. The largest absolute Gasteiger partial charge is 0.481 e. The lowest BCUT2D eigenvalue weighted by Crippen LogP contribution is -2.16. The van der Waals surface area contributed by atoms with Gasteiger partial charge in [0.15, 0.2) is 17.5 Å². The van der Waals surface area contributed by atoms with Gasteiger partial charge in [0.05, 0.1) is 17.0 Å². The molecule has 3 rings (SSSR count). The van der Waals surface area contributed by atoms with Gasteiger partial charge in [0.2, 0.25) is 0 Å². The highest BCUT2D eigenvalue weighted by atomic mass is 35.5. The summed E-state index contributed by atoms with van der Waals surface area (Å²) >= 11 is 6.24. The van der Waals surface area contributed by atoms with Crippen molar-refractivity contribution in [2.75, 3.05) is 0 Å². The van der Waals surface area contributed by atoms with Crippen molar-refractivity contribution < 1.29 is 19.1 Å². The minimum atomic E-state index is -1.01. The van der Waals surface area contributed by atoms with Gasteiger partial charge in [-0.1, -0.05) is 11.6 Å². The number of benzene rings is 1. The van der Waals surface area contributed by atoms with E-state index >= 15 is 0 Å². The van der Waals surface area contributed by atoms with Crippen LogP contribution in [0.5, 0.6) is 5.75 Å². The molecule has 0 bridgehead atoms. The highest BCUT2D eigenvalue weighted by molar-refractivity contribution is 6.32. The predicted molar refractivity (Wildman–Crippen MR) is 88.8 cm³/mol. The van der Waals surface area contributed by atoms with Crippen LogP contribution in [0.3, 0.4) is 0 Å². The number of rotatable bonds is 6. The molecule has 0 fully saturated rings. The zero-order valence-corrected chi connectivity index (χ0v) is 13.9. The quantitative estimate of drug-likeness (QED) is 0.717. The van der Waals surface area contributed by atoms with Crippen LogP contribution in [0.2, 0.25) is 5.02 Å². The Balaban J connectivity index is 1.92. The molecule has 0 aliphatic heterocycles. The van der Waals surface area contributed by atoms with Crippen molar-refractivity contribution in [2.24, 2.45) is 0 Å². The monoisotopic (exact) mass is 363 g/mol. The number of oxazole rings is 1. The normalized spacial score (nSPS) is 12.2. The summed E-state index contributed by atoms with van der Waals surface area (Å²) in [6, 6.07) is 4.71. The molecule has 8 nitrogen and oxygen atoms in total. The number of fused-ring (bicyclic) bond motifs is 1. The first kappa shape index (κ1) is 17.0. The molecule has 25 heavy (non-hydrogen) atoms. The summed E-state index contributed by atoms with van der Waals surface area (Å²) in [5, 5.41) is 9.04. The lowest BCUT2D eigenvalue weighted by Gasteiger charge is -2.14. The molecule has 0 amide bonds. The van der Waals surface area contributed by atoms with E-state index in [2.05, 4.69) is 9.97 Å². The molecule has 0 aliphatic carbocycles. The standard InChI is InChI=1S/C16H14ClN3O5/c1-9(15-18-4-2-5-19-15)24-12-8-13-11(7-10(12)17)20(16(23)25-13)6-3-14(21)22/h2,4-5,7-9H,3,6H2,1H3,(H,21,22)/t9-/m0/s1. The van der Waals surface area contributed by atoms with Gasteiger partial charge in [0.1, 0.15) is 5.75 Å². The van der Waals surface area contributed by atoms with Gasteiger partial charge in [-0.05, 0) is 19.1 Å². The fourth-order valence-electron chi connectivity index (χ4n) is 2.34. The molecule has 1 aromatic carbocycles. The number of aliphatic carboxylic acids is 1. The molecule has 0 unspecified atom stereocenters. The average Bonchev–Trinajstić information content (AvgIpc) is 2.88. The summed E-state index contributed by atoms with van der Waals surface area (Å²) in [5.41, 5.74) is 0.670. The van der Waals surface area contributed by atoms with E-state index in [-0.39, 0.29) is 23.6 Å². The Hall–Kier alpha value is -2.87. The van der Waals surface area contributed by atoms with Crippen LogP contribution in [0.1, 0.15) is 25.3 Å². The van der Waals surface area contributed by atoms with E-state index < -0.39 is 17.8 Å². The molecule has 2 aromatic heterocycles. The van der Waals surface area contributed by atoms with Crippen LogP contribution in [0, 0.1) is 0 Å². The number of aryl methyl sites for hydroxylation is 1. The van der Waals surface area contributed by atoms with E-state index in [0.29, 0.717) is 17.1 Å². The number of halogens is 1. The summed E-state index contributed by atoms with van der Waals surface area (Å²) in [6.07, 6.45) is 2.55. The molecule has 0 spiro atoms. The summed E-state index contributed by atoms with van der Waals surface area (Å²) < 4.78 is 12.1. The third-order valence-corrected chi connectivity index (χ3v) is 3.82. The van der Waals surface area contributed by atoms with E-state index in [1.807, 2.05) is 0 Å². The van der Waals surface area contributed by atoms with Gasteiger partial charge < -0.3 is 14.3 Å². The number of hydrogen-bond donors (Lipinski definition) is 1. The molecule has 9 heteroatoms. The van der Waals surface area contributed by atoms with Crippen molar-refractivity contribution in [1.29, 1.82) is 0 Å². The van der Waals surface area contributed by atoms with E-state index in [9.17, 15) is 9.59 Å². The lowest BCUT2D eigenvalue weighted by molar-refractivity contribution is -0.137. The van der Waals surface area contributed by atoms with E-state index in [0.717, 1.165) is 0 Å². The Morgan fingerprint density at radius 2 is 2.12 bits per heavy atom. The van der Waals surface area contributed by atoms with Crippen molar-refractivity contribution in [1.82, 2.24) is 14.5 Å². The molecular formula is C16H14ClN3O5. The lowest BCUT2D eigenvalue weighted by atomic mass is 10.3. The molecule has 0 radical (unpaired) electrons. The molecule has 2 heterocycles. The smallest absolute Gasteiger partial charge is 0.419 e. The Morgan fingerprint density at radius 3 is 2.80 bits per heavy atom. The summed E-state index contributed by atoms with van der Waals surface area (Å²) in [7, 11) is 0. The molecule has 1 N–H and O–H groups in total. The minimum absolute atomic E-state index is 0.00798. The third-order valence-electron chi connectivity index (χ3n) is 3.52. The van der Waals surface area contributed by atoms with Crippen LogP contribution in [0.4, 0.5) is 0 Å². The third kappa shape index (κ3) is 3.63. The Kier molecular flexibility index (Phi) is 4.71. The maximum Gasteiger partial charge on any atom is 0.419 e. The number of nitrogens with zero attached hydrogens (tertiary/aromatic N) is 3. The van der Waals surface area contributed by atoms with E-state index in [1.165, 1.54) is 16.7 Å². The van der Waals surface area contributed by atoms with Gasteiger partial charge >= 0.3 is 11.7 Å². The predicted octanol–water partition coefficient (Wildman–Crippen LogP) is 2.65. The van der Waals surface area contributed by atoms with Crippen LogP contribution in [0.25, 0.3) is 11.1 Å². The zero-order valence-electron chi connectivity index (χ0n) is 13.2. The van der Waals surface area contributed by atoms with Gasteiger partial charge in [-0.3, -0.25) is 9.36 Å².